The lowest BCUT2D eigenvalue weighted by atomic mass is 10.1. The van der Waals surface area contributed by atoms with Crippen molar-refractivity contribution < 1.29 is 33.7 Å². The zero-order valence-electron chi connectivity index (χ0n) is 42.4. The first-order valence-corrected chi connectivity index (χ1v) is 29.7. The van der Waals surface area contributed by atoms with Crippen LogP contribution in [0.3, 0.4) is 0 Å². The SMILES string of the molecule is CCN(C[C@H]1C[C@@H]1CN(CCCCN(C[C@@H]1C[C@H]1CNS(=O)(=O)c1c(C)cc(C)cc1C)S(=O)(=O)c1c(C)cc(C)cc1C)S(=O)(=O)c1c(C)cc(C)cc1C)S(=O)(=O)c1c(C)cc(C)cc1C. The Morgan fingerprint density at radius 2 is 0.676 bits per heavy atom. The zero-order chi connectivity index (χ0) is 50.4. The molecule has 0 radical (unpaired) electrons. The van der Waals surface area contributed by atoms with Crippen molar-refractivity contribution in [2.45, 2.75) is 135 Å². The first-order valence-electron chi connectivity index (χ1n) is 23.9. The average Bonchev–Trinajstić information content (AvgIpc) is 4.11. The minimum atomic E-state index is -4.01. The summed E-state index contributed by atoms with van der Waals surface area (Å²) in [6.07, 6.45) is 2.10. The van der Waals surface area contributed by atoms with Gasteiger partial charge >= 0.3 is 0 Å². The predicted molar refractivity (Wildman–Crippen MR) is 272 cm³/mol. The van der Waals surface area contributed by atoms with Gasteiger partial charge in [-0.15, -0.1) is 0 Å². The molecule has 68 heavy (non-hydrogen) atoms. The van der Waals surface area contributed by atoms with Crippen LogP contribution in [-0.4, -0.2) is 92.4 Å². The molecule has 2 aliphatic carbocycles. The second kappa shape index (κ2) is 20.7. The molecular formula is C52H74N4O8S4. The molecule has 1 N–H and O–H groups in total. The maximum Gasteiger partial charge on any atom is 0.243 e. The summed E-state index contributed by atoms with van der Waals surface area (Å²) >= 11 is 0. The van der Waals surface area contributed by atoms with Gasteiger partial charge in [0.05, 0.1) is 19.6 Å². The molecule has 0 amide bonds. The van der Waals surface area contributed by atoms with Crippen LogP contribution in [-0.2, 0) is 40.1 Å². The summed E-state index contributed by atoms with van der Waals surface area (Å²) in [5, 5.41) is 0. The molecule has 0 heterocycles. The molecule has 0 aliphatic heterocycles. The van der Waals surface area contributed by atoms with E-state index in [1.807, 2.05) is 111 Å². The maximum absolute atomic E-state index is 14.8. The number of hydrogen-bond acceptors (Lipinski definition) is 8. The van der Waals surface area contributed by atoms with E-state index in [4.69, 9.17) is 0 Å². The molecule has 0 unspecified atom stereocenters. The average molecular weight is 1010 g/mol. The number of aryl methyl sites for hydroxylation is 12. The third-order valence-corrected chi connectivity index (χ3v) is 22.2. The lowest BCUT2D eigenvalue weighted by Crippen LogP contribution is -2.38. The molecule has 2 aliphatic rings. The Morgan fingerprint density at radius 3 is 1.00 bits per heavy atom. The highest BCUT2D eigenvalue weighted by atomic mass is 32.2. The summed E-state index contributed by atoms with van der Waals surface area (Å²) in [6, 6.07) is 14.9. The smallest absolute Gasteiger partial charge is 0.211 e. The van der Waals surface area contributed by atoms with E-state index in [9.17, 15) is 33.7 Å². The van der Waals surface area contributed by atoms with Crippen LogP contribution in [0.15, 0.2) is 68.1 Å². The summed E-state index contributed by atoms with van der Waals surface area (Å²) in [5.74, 6) is -0.213. The largest absolute Gasteiger partial charge is 0.243 e. The van der Waals surface area contributed by atoms with Crippen molar-refractivity contribution >= 4 is 40.1 Å². The topological polar surface area (TPSA) is 158 Å². The molecule has 16 heteroatoms. The highest BCUT2D eigenvalue weighted by Gasteiger charge is 2.45. The molecule has 0 saturated heterocycles. The second-order valence-electron chi connectivity index (χ2n) is 20.2. The Bertz CT molecular complexity index is 2930. The Hall–Kier alpha value is -3.48. The van der Waals surface area contributed by atoms with Crippen LogP contribution >= 0.6 is 0 Å². The highest BCUT2D eigenvalue weighted by Crippen LogP contribution is 2.43. The predicted octanol–water partition coefficient (Wildman–Crippen LogP) is 8.81. The van der Waals surface area contributed by atoms with E-state index in [0.29, 0.717) is 75.1 Å². The fourth-order valence-corrected chi connectivity index (χ4v) is 18.3. The molecule has 4 aromatic carbocycles. The van der Waals surface area contributed by atoms with Gasteiger partial charge in [-0.2, -0.15) is 12.9 Å². The van der Waals surface area contributed by atoms with Crippen molar-refractivity contribution in [3.63, 3.8) is 0 Å². The first-order chi connectivity index (χ1) is 31.6. The van der Waals surface area contributed by atoms with Gasteiger partial charge in [0.1, 0.15) is 0 Å². The minimum absolute atomic E-state index is 0.0313. The molecule has 0 spiro atoms. The van der Waals surface area contributed by atoms with Gasteiger partial charge < -0.3 is 0 Å². The molecule has 0 aromatic heterocycles. The van der Waals surface area contributed by atoms with Crippen LogP contribution in [0.1, 0.15) is 99.4 Å². The molecule has 2 fully saturated rings. The monoisotopic (exact) mass is 1010 g/mol. The van der Waals surface area contributed by atoms with Crippen LogP contribution in [0.2, 0.25) is 0 Å². The molecule has 2 saturated carbocycles. The third-order valence-electron chi connectivity index (χ3n) is 13.9. The van der Waals surface area contributed by atoms with Gasteiger partial charge in [-0.05, 0) is 177 Å². The standard InChI is InChI=1S/C52H74N4O8S4/c1-14-54(66(59,60)50-39(8)21-34(3)22-40(50)9)30-47-28-48(47)32-56(68(63,64)52-43(12)25-36(5)26-44(52)13)18-16-15-17-55(67(61,62)51-41(10)23-35(4)24-42(51)11)31-46-27-45(46)29-53-65(57,58)49-37(6)19-33(2)20-38(49)7/h19-26,45-48,53H,14-18,27-32H2,1-13H3/t45-,46-,47+,48+/m0/s1. The van der Waals surface area contributed by atoms with Crippen molar-refractivity contribution in [2.24, 2.45) is 23.7 Å². The first kappa shape index (κ1) is 53.9. The number of hydrogen-bond donors (Lipinski definition) is 1. The fraction of sp³-hybridized carbons (Fsp3) is 0.538. The van der Waals surface area contributed by atoms with E-state index in [1.54, 1.807) is 27.7 Å². The Labute approximate surface area is 409 Å². The molecule has 0 bridgehead atoms. The summed E-state index contributed by atoms with van der Waals surface area (Å²) in [4.78, 5) is 1.12. The van der Waals surface area contributed by atoms with Gasteiger partial charge in [0.15, 0.2) is 0 Å². The van der Waals surface area contributed by atoms with Gasteiger partial charge in [-0.1, -0.05) is 77.7 Å². The number of rotatable bonds is 22. The number of nitrogens with one attached hydrogen (secondary N) is 1. The Morgan fingerprint density at radius 1 is 0.412 bits per heavy atom. The Kier molecular flexibility index (Phi) is 16.4. The van der Waals surface area contributed by atoms with Gasteiger partial charge in [0.2, 0.25) is 40.1 Å². The molecule has 374 valence electrons. The molecule has 6 rings (SSSR count). The summed E-state index contributed by atoms with van der Waals surface area (Å²) in [6.45, 7) is 25.5. The maximum atomic E-state index is 14.8. The van der Waals surface area contributed by atoms with Crippen LogP contribution in [0.4, 0.5) is 0 Å². The van der Waals surface area contributed by atoms with E-state index >= 15 is 0 Å². The second-order valence-corrected chi connectivity index (χ2v) is 27.5. The van der Waals surface area contributed by atoms with Crippen LogP contribution < -0.4 is 4.72 Å². The molecule has 4 aromatic rings. The summed E-state index contributed by atoms with van der Waals surface area (Å²) < 4.78 is 122. The molecule has 12 nitrogen and oxygen atoms in total. The Balaban J connectivity index is 1.20. The lowest BCUT2D eigenvalue weighted by Gasteiger charge is -2.27. The number of sulfonamides is 4. The molecule has 4 atom stereocenters. The van der Waals surface area contributed by atoms with Crippen molar-refractivity contribution in [3.8, 4) is 0 Å². The van der Waals surface area contributed by atoms with Crippen molar-refractivity contribution in [2.75, 3.05) is 45.8 Å². The highest BCUT2D eigenvalue weighted by molar-refractivity contribution is 7.90. The summed E-state index contributed by atoms with van der Waals surface area (Å²) in [5.41, 5.74) is 9.25. The number of nitrogens with zero attached hydrogens (tertiary/aromatic N) is 3. The van der Waals surface area contributed by atoms with E-state index in [0.717, 1.165) is 22.3 Å². The van der Waals surface area contributed by atoms with Crippen LogP contribution in [0.5, 0.6) is 0 Å². The normalized spacial score (nSPS) is 18.8. The van der Waals surface area contributed by atoms with E-state index < -0.39 is 40.1 Å². The number of unbranched alkanes of at least 4 members (excludes halogenated alkanes) is 1. The van der Waals surface area contributed by atoms with E-state index in [-0.39, 0.29) is 84.2 Å². The van der Waals surface area contributed by atoms with Gasteiger partial charge in [-0.25, -0.2) is 38.4 Å². The van der Waals surface area contributed by atoms with Gasteiger partial charge in [-0.3, -0.25) is 0 Å². The quantitative estimate of drug-likeness (QED) is 0.0766. The van der Waals surface area contributed by atoms with Crippen molar-refractivity contribution in [1.29, 1.82) is 0 Å². The third kappa shape index (κ3) is 11.8. The minimum Gasteiger partial charge on any atom is -0.211 e. The lowest BCUT2D eigenvalue weighted by molar-refractivity contribution is 0.342. The zero-order valence-corrected chi connectivity index (χ0v) is 45.7. The van der Waals surface area contributed by atoms with E-state index in [2.05, 4.69) is 4.72 Å². The number of benzene rings is 4. The van der Waals surface area contributed by atoms with E-state index in [1.165, 1.54) is 12.9 Å². The fourth-order valence-electron chi connectivity index (χ4n) is 10.9. The van der Waals surface area contributed by atoms with Crippen LogP contribution in [0, 0.1) is 107 Å². The van der Waals surface area contributed by atoms with Crippen molar-refractivity contribution in [1.82, 2.24) is 17.6 Å². The van der Waals surface area contributed by atoms with Crippen molar-refractivity contribution in [3.05, 3.63) is 115 Å². The van der Waals surface area contributed by atoms with Gasteiger partial charge in [0, 0.05) is 45.8 Å². The molecular weight excluding hydrogens is 937 g/mol. The van der Waals surface area contributed by atoms with Crippen LogP contribution in [0.25, 0.3) is 0 Å². The van der Waals surface area contributed by atoms with Gasteiger partial charge in [0.25, 0.3) is 0 Å². The summed E-state index contributed by atoms with van der Waals surface area (Å²) in [7, 11) is -15.6.